The minimum atomic E-state index is -0.845. The van der Waals surface area contributed by atoms with Crippen LogP contribution in [0.4, 0.5) is 0 Å². The second-order valence-electron chi connectivity index (χ2n) is 8.96. The first-order valence-corrected chi connectivity index (χ1v) is 11.8. The number of rotatable bonds is 9. The number of carbonyl (C=O) groups excluding carboxylic acids is 3. The van der Waals surface area contributed by atoms with Crippen LogP contribution in [0.25, 0.3) is 10.8 Å². The number of unbranched alkanes of at least 4 members (excludes halogenated alkanes) is 1. The lowest BCUT2D eigenvalue weighted by Gasteiger charge is -2.29. The largest absolute Gasteiger partial charge is 0.467 e. The van der Waals surface area contributed by atoms with Crippen LogP contribution < -0.4 is 11.1 Å². The van der Waals surface area contributed by atoms with Crippen LogP contribution >= 0.6 is 0 Å². The number of nitrogens with one attached hydrogen (secondary N) is 1. The highest BCUT2D eigenvalue weighted by molar-refractivity contribution is 5.93. The normalized spacial score (nSPS) is 19.8. The van der Waals surface area contributed by atoms with Crippen LogP contribution in [0.1, 0.15) is 45.1 Å². The zero-order valence-corrected chi connectivity index (χ0v) is 19.8. The van der Waals surface area contributed by atoms with Gasteiger partial charge in [-0.25, -0.2) is 4.79 Å². The van der Waals surface area contributed by atoms with Gasteiger partial charge in [-0.05, 0) is 35.1 Å². The van der Waals surface area contributed by atoms with Crippen molar-refractivity contribution >= 4 is 28.6 Å². The van der Waals surface area contributed by atoms with Gasteiger partial charge in [0.1, 0.15) is 12.1 Å². The molecule has 3 N–H and O–H groups in total. The van der Waals surface area contributed by atoms with Crippen LogP contribution in [-0.4, -0.2) is 54.5 Å². The van der Waals surface area contributed by atoms with Crippen molar-refractivity contribution in [3.05, 3.63) is 48.0 Å². The maximum absolute atomic E-state index is 13.3. The predicted molar refractivity (Wildman–Crippen MR) is 128 cm³/mol. The Morgan fingerprint density at radius 3 is 2.61 bits per heavy atom. The Hall–Kier alpha value is -2.93. The molecule has 0 bridgehead atoms. The molecule has 33 heavy (non-hydrogen) atoms. The number of fused-ring (bicyclic) bond motifs is 1. The van der Waals surface area contributed by atoms with Gasteiger partial charge in [-0.3, -0.25) is 9.59 Å². The van der Waals surface area contributed by atoms with E-state index < -0.39 is 24.1 Å². The first-order valence-electron chi connectivity index (χ1n) is 11.8. The maximum atomic E-state index is 13.3. The fraction of sp³-hybridized carbons (Fsp3) is 0.500. The maximum Gasteiger partial charge on any atom is 0.328 e. The Labute approximate surface area is 195 Å². The lowest BCUT2D eigenvalue weighted by atomic mass is 9.99. The second-order valence-corrected chi connectivity index (χ2v) is 8.96. The molecule has 0 radical (unpaired) electrons. The second kappa shape index (κ2) is 11.3. The zero-order chi connectivity index (χ0) is 24.0. The van der Waals surface area contributed by atoms with Crippen LogP contribution in [-0.2, 0) is 25.5 Å². The van der Waals surface area contributed by atoms with Gasteiger partial charge in [0.15, 0.2) is 0 Å². The number of hydrogen-bond donors (Lipinski definition) is 2. The molecule has 7 nitrogen and oxygen atoms in total. The molecule has 2 aromatic rings. The molecular formula is C26H35N3O4. The van der Waals surface area contributed by atoms with Crippen molar-refractivity contribution in [3.63, 3.8) is 0 Å². The summed E-state index contributed by atoms with van der Waals surface area (Å²) in [6.45, 7) is 4.49. The van der Waals surface area contributed by atoms with E-state index in [4.69, 9.17) is 10.5 Å². The summed E-state index contributed by atoms with van der Waals surface area (Å²) in [5, 5.41) is 5.02. The molecule has 2 amide bonds. The molecule has 1 aliphatic rings. The Bertz CT molecular complexity index is 992. The van der Waals surface area contributed by atoms with Gasteiger partial charge < -0.3 is 20.7 Å². The monoisotopic (exact) mass is 453 g/mol. The molecule has 7 heteroatoms. The quantitative estimate of drug-likeness (QED) is 0.569. The summed E-state index contributed by atoms with van der Waals surface area (Å²) in [6.07, 6.45) is 3.44. The van der Waals surface area contributed by atoms with E-state index in [1.807, 2.05) is 56.3 Å². The molecule has 0 aliphatic carbocycles. The average Bonchev–Trinajstić information content (AvgIpc) is 3.22. The van der Waals surface area contributed by atoms with Crippen molar-refractivity contribution < 1.29 is 19.1 Å². The number of nitrogens with two attached hydrogens (primary N) is 1. The molecule has 1 aliphatic heterocycles. The summed E-state index contributed by atoms with van der Waals surface area (Å²) in [6, 6.07) is 11.8. The van der Waals surface area contributed by atoms with Crippen LogP contribution in [0.5, 0.6) is 0 Å². The van der Waals surface area contributed by atoms with Gasteiger partial charge >= 0.3 is 5.97 Å². The van der Waals surface area contributed by atoms with Crippen LogP contribution in [0.2, 0.25) is 0 Å². The van der Waals surface area contributed by atoms with Crippen molar-refractivity contribution in [2.24, 2.45) is 11.7 Å². The lowest BCUT2D eigenvalue weighted by Crippen LogP contribution is -2.55. The molecule has 1 fully saturated rings. The molecule has 0 saturated carbocycles. The molecular weight excluding hydrogens is 418 g/mol. The first-order chi connectivity index (χ1) is 15.8. The molecule has 0 unspecified atom stereocenters. The molecule has 1 saturated heterocycles. The van der Waals surface area contributed by atoms with E-state index in [2.05, 4.69) is 5.32 Å². The van der Waals surface area contributed by atoms with E-state index in [0.29, 0.717) is 19.4 Å². The van der Waals surface area contributed by atoms with Crippen LogP contribution in [0.3, 0.4) is 0 Å². The Morgan fingerprint density at radius 2 is 1.91 bits per heavy atom. The smallest absolute Gasteiger partial charge is 0.328 e. The fourth-order valence-electron chi connectivity index (χ4n) is 4.55. The predicted octanol–water partition coefficient (Wildman–Crippen LogP) is 2.79. The van der Waals surface area contributed by atoms with Gasteiger partial charge in [0.25, 0.3) is 0 Å². The van der Waals surface area contributed by atoms with E-state index in [9.17, 15) is 14.4 Å². The third-order valence-corrected chi connectivity index (χ3v) is 6.49. The van der Waals surface area contributed by atoms with E-state index in [1.54, 1.807) is 4.90 Å². The van der Waals surface area contributed by atoms with E-state index in [0.717, 1.165) is 35.6 Å². The van der Waals surface area contributed by atoms with Crippen molar-refractivity contribution in [1.29, 1.82) is 0 Å². The molecule has 0 aromatic heterocycles. The standard InChI is InChI=1S/C26H35N3O4/c1-4-5-10-21(27)25(31)29-14-13-17(2)23(29)24(30)28-22(26(32)33-3)16-18-11-12-19-8-6-7-9-20(19)15-18/h6-9,11-12,15,17,21-23H,4-5,10,13-14,16,27H2,1-3H3,(H,28,30)/t17-,21-,22+,23+/m1/s1. The van der Waals surface area contributed by atoms with Crippen molar-refractivity contribution in [1.82, 2.24) is 10.2 Å². The summed E-state index contributed by atoms with van der Waals surface area (Å²) in [7, 11) is 1.31. The molecule has 0 spiro atoms. The number of esters is 1. The third-order valence-electron chi connectivity index (χ3n) is 6.49. The van der Waals surface area contributed by atoms with Crippen molar-refractivity contribution in [2.45, 2.75) is 64.1 Å². The van der Waals surface area contributed by atoms with Crippen LogP contribution in [0, 0.1) is 5.92 Å². The number of hydrogen-bond acceptors (Lipinski definition) is 5. The average molecular weight is 454 g/mol. The summed E-state index contributed by atoms with van der Waals surface area (Å²) >= 11 is 0. The SMILES string of the molecule is CCCC[C@@H](N)C(=O)N1CC[C@@H](C)[C@H]1C(=O)N[C@@H](Cc1ccc2ccccc2c1)C(=O)OC. The number of carbonyl (C=O) groups is 3. The minimum absolute atomic E-state index is 0.0220. The number of amides is 2. The van der Waals surface area contributed by atoms with E-state index in [-0.39, 0.29) is 17.7 Å². The van der Waals surface area contributed by atoms with Crippen LogP contribution in [0.15, 0.2) is 42.5 Å². The van der Waals surface area contributed by atoms with E-state index in [1.165, 1.54) is 7.11 Å². The molecule has 3 rings (SSSR count). The molecule has 4 atom stereocenters. The highest BCUT2D eigenvalue weighted by Crippen LogP contribution is 2.26. The Morgan fingerprint density at radius 1 is 1.18 bits per heavy atom. The Kier molecular flexibility index (Phi) is 8.44. The number of nitrogens with zero attached hydrogens (tertiary/aromatic N) is 1. The summed E-state index contributed by atoms with van der Waals surface area (Å²) in [5.41, 5.74) is 7.03. The van der Waals surface area contributed by atoms with Gasteiger partial charge in [-0.2, -0.15) is 0 Å². The number of benzene rings is 2. The molecule has 1 heterocycles. The number of methoxy groups -OCH3 is 1. The number of likely N-dealkylation sites (tertiary alicyclic amines) is 1. The van der Waals surface area contributed by atoms with Gasteiger partial charge in [0, 0.05) is 13.0 Å². The highest BCUT2D eigenvalue weighted by Gasteiger charge is 2.41. The minimum Gasteiger partial charge on any atom is -0.467 e. The van der Waals surface area contributed by atoms with E-state index >= 15 is 0 Å². The zero-order valence-electron chi connectivity index (χ0n) is 19.8. The van der Waals surface area contributed by atoms with Gasteiger partial charge in [-0.15, -0.1) is 0 Å². The Balaban J connectivity index is 1.75. The van der Waals surface area contributed by atoms with Gasteiger partial charge in [0.05, 0.1) is 13.2 Å². The topological polar surface area (TPSA) is 102 Å². The summed E-state index contributed by atoms with van der Waals surface area (Å²) in [4.78, 5) is 40.3. The first kappa shape index (κ1) is 24.7. The van der Waals surface area contributed by atoms with Gasteiger partial charge in [0.2, 0.25) is 11.8 Å². The summed E-state index contributed by atoms with van der Waals surface area (Å²) in [5.74, 6) is -1.07. The van der Waals surface area contributed by atoms with Crippen molar-refractivity contribution in [3.8, 4) is 0 Å². The summed E-state index contributed by atoms with van der Waals surface area (Å²) < 4.78 is 4.97. The lowest BCUT2D eigenvalue weighted by molar-refractivity contribution is -0.146. The molecule has 178 valence electrons. The molecule has 2 aromatic carbocycles. The third kappa shape index (κ3) is 5.90. The van der Waals surface area contributed by atoms with Crippen molar-refractivity contribution in [2.75, 3.05) is 13.7 Å². The van der Waals surface area contributed by atoms with Gasteiger partial charge in [-0.1, -0.05) is 69.2 Å². The highest BCUT2D eigenvalue weighted by atomic mass is 16.5. The number of ether oxygens (including phenoxy) is 1. The fourth-order valence-corrected chi connectivity index (χ4v) is 4.55.